The van der Waals surface area contributed by atoms with Gasteiger partial charge in [-0.1, -0.05) is 30.3 Å². The van der Waals surface area contributed by atoms with E-state index in [9.17, 15) is 18.0 Å². The lowest BCUT2D eigenvalue weighted by atomic mass is 9.92. The summed E-state index contributed by atoms with van der Waals surface area (Å²) in [6, 6.07) is 10.8. The third-order valence-corrected chi connectivity index (χ3v) is 6.96. The fourth-order valence-corrected chi connectivity index (χ4v) is 4.91. The Morgan fingerprint density at radius 2 is 1.74 bits per heavy atom. The van der Waals surface area contributed by atoms with Gasteiger partial charge in [-0.25, -0.2) is 18.0 Å². The van der Waals surface area contributed by atoms with Crippen LogP contribution in [-0.4, -0.2) is 32.8 Å². The van der Waals surface area contributed by atoms with Crippen molar-refractivity contribution >= 4 is 21.8 Å². The number of amides is 2. The van der Waals surface area contributed by atoms with E-state index in [1.54, 1.807) is 31.2 Å². The van der Waals surface area contributed by atoms with Crippen LogP contribution in [0.25, 0.3) is 0 Å². The van der Waals surface area contributed by atoms with E-state index in [1.165, 1.54) is 6.07 Å². The highest BCUT2D eigenvalue weighted by molar-refractivity contribution is 7.91. The molecular formula is C23H26N2O5S. The molecular weight excluding hydrogens is 416 g/mol. The molecule has 0 aromatic heterocycles. The van der Waals surface area contributed by atoms with E-state index in [0.29, 0.717) is 5.56 Å². The molecule has 2 N–H and O–H groups in total. The first kappa shape index (κ1) is 22.6. The highest BCUT2D eigenvalue weighted by Crippen LogP contribution is 2.31. The molecule has 2 aromatic rings. The van der Waals surface area contributed by atoms with E-state index in [0.717, 1.165) is 16.7 Å². The van der Waals surface area contributed by atoms with Crippen LogP contribution in [0.1, 0.15) is 35.2 Å². The van der Waals surface area contributed by atoms with Crippen molar-refractivity contribution < 1.29 is 22.7 Å². The molecule has 0 saturated heterocycles. The molecule has 0 unspecified atom stereocenters. The number of hydrogen-bond acceptors (Lipinski definition) is 5. The van der Waals surface area contributed by atoms with Crippen molar-refractivity contribution in [2.24, 2.45) is 0 Å². The summed E-state index contributed by atoms with van der Waals surface area (Å²) in [5.41, 5.74) is 3.47. The molecule has 8 heteroatoms. The highest BCUT2D eigenvalue weighted by Gasteiger charge is 2.36. The Balaban J connectivity index is 2.13. The summed E-state index contributed by atoms with van der Waals surface area (Å²) in [6.07, 6.45) is 0. The van der Waals surface area contributed by atoms with Gasteiger partial charge < -0.3 is 15.4 Å². The second-order valence-electron chi connectivity index (χ2n) is 7.51. The number of nitrogens with one attached hydrogen (secondary N) is 2. The number of esters is 1. The van der Waals surface area contributed by atoms with E-state index >= 15 is 0 Å². The number of hydrogen-bond donors (Lipinski definition) is 2. The number of aryl methyl sites for hydroxylation is 3. The van der Waals surface area contributed by atoms with Gasteiger partial charge in [0.15, 0.2) is 9.84 Å². The molecule has 1 atom stereocenters. The number of carbonyl (C=O) groups is 2. The Hall–Kier alpha value is -3.13. The SMILES string of the molecule is CCOC(=O)C1=C(CS(=O)(=O)c2ccc(C)c(C)c2)NC(=O)N[C@@H]1c1ccccc1C. The minimum Gasteiger partial charge on any atom is -0.463 e. The highest BCUT2D eigenvalue weighted by atomic mass is 32.2. The average Bonchev–Trinajstić information content (AvgIpc) is 2.69. The molecule has 0 bridgehead atoms. The molecule has 1 aliphatic heterocycles. The number of benzene rings is 2. The topological polar surface area (TPSA) is 102 Å². The van der Waals surface area contributed by atoms with Gasteiger partial charge in [-0.3, -0.25) is 0 Å². The molecule has 3 rings (SSSR count). The Morgan fingerprint density at radius 3 is 2.39 bits per heavy atom. The van der Waals surface area contributed by atoms with Crippen molar-refractivity contribution in [2.45, 2.75) is 38.6 Å². The number of carbonyl (C=O) groups excluding carboxylic acids is 2. The fourth-order valence-electron chi connectivity index (χ4n) is 3.51. The van der Waals surface area contributed by atoms with Crippen LogP contribution in [-0.2, 0) is 19.4 Å². The van der Waals surface area contributed by atoms with Crippen molar-refractivity contribution in [3.05, 3.63) is 76.0 Å². The minimum absolute atomic E-state index is 0.0219. The second kappa shape index (κ2) is 8.93. The molecule has 1 heterocycles. The second-order valence-corrected chi connectivity index (χ2v) is 9.50. The van der Waals surface area contributed by atoms with Crippen LogP contribution in [0, 0.1) is 20.8 Å². The van der Waals surface area contributed by atoms with Gasteiger partial charge in [-0.2, -0.15) is 0 Å². The molecule has 0 saturated carbocycles. The standard InChI is InChI=1S/C23H26N2O5S/c1-5-30-22(26)20-19(13-31(28,29)17-11-10-14(2)16(4)12-17)24-23(27)25-21(20)18-9-7-6-8-15(18)3/h6-12,21H,5,13H2,1-4H3,(H2,24,25,27)/t21-/m1/s1. The maximum Gasteiger partial charge on any atom is 0.338 e. The summed E-state index contributed by atoms with van der Waals surface area (Å²) in [7, 11) is -3.83. The first-order valence-corrected chi connectivity index (χ1v) is 11.6. The lowest BCUT2D eigenvalue weighted by Gasteiger charge is -2.30. The Labute approximate surface area is 182 Å². The van der Waals surface area contributed by atoms with Gasteiger partial charge in [0, 0.05) is 5.70 Å². The van der Waals surface area contributed by atoms with Crippen LogP contribution in [0.3, 0.4) is 0 Å². The van der Waals surface area contributed by atoms with Crippen molar-refractivity contribution in [2.75, 3.05) is 12.4 Å². The van der Waals surface area contributed by atoms with Crippen LogP contribution in [0.15, 0.2) is 58.6 Å². The smallest absolute Gasteiger partial charge is 0.338 e. The Bertz CT molecular complexity index is 1170. The molecule has 0 fully saturated rings. The van der Waals surface area contributed by atoms with E-state index in [4.69, 9.17) is 4.74 Å². The molecule has 0 radical (unpaired) electrons. The largest absolute Gasteiger partial charge is 0.463 e. The third-order valence-electron chi connectivity index (χ3n) is 5.32. The van der Waals surface area contributed by atoms with Crippen LogP contribution in [0.5, 0.6) is 0 Å². The number of ether oxygens (including phenoxy) is 1. The summed E-state index contributed by atoms with van der Waals surface area (Å²) in [6.45, 7) is 7.37. The van der Waals surface area contributed by atoms with Crippen LogP contribution in [0.4, 0.5) is 4.79 Å². The van der Waals surface area contributed by atoms with Crippen molar-refractivity contribution in [1.82, 2.24) is 10.6 Å². The van der Waals surface area contributed by atoms with Crippen LogP contribution < -0.4 is 10.6 Å². The first-order chi connectivity index (χ1) is 14.6. The third kappa shape index (κ3) is 4.80. The van der Waals surface area contributed by atoms with Gasteiger partial charge in [0.2, 0.25) is 0 Å². The molecule has 31 heavy (non-hydrogen) atoms. The summed E-state index contributed by atoms with van der Waals surface area (Å²) in [4.78, 5) is 25.4. The molecule has 7 nitrogen and oxygen atoms in total. The minimum atomic E-state index is -3.83. The Kier molecular flexibility index (Phi) is 6.50. The quantitative estimate of drug-likeness (QED) is 0.669. The van der Waals surface area contributed by atoms with Crippen LogP contribution >= 0.6 is 0 Å². The summed E-state index contributed by atoms with van der Waals surface area (Å²) >= 11 is 0. The normalized spacial score (nSPS) is 16.5. The van der Waals surface area contributed by atoms with E-state index in [-0.39, 0.29) is 22.8 Å². The van der Waals surface area contributed by atoms with E-state index < -0.39 is 33.6 Å². The summed E-state index contributed by atoms with van der Waals surface area (Å²) in [5, 5.41) is 5.26. The van der Waals surface area contributed by atoms with Crippen LogP contribution in [0.2, 0.25) is 0 Å². The molecule has 1 aliphatic rings. The maximum atomic E-state index is 13.1. The van der Waals surface area contributed by atoms with Gasteiger partial charge in [-0.15, -0.1) is 0 Å². The maximum absolute atomic E-state index is 13.1. The lowest BCUT2D eigenvalue weighted by molar-refractivity contribution is -0.139. The van der Waals surface area contributed by atoms with Gasteiger partial charge in [0.1, 0.15) is 0 Å². The molecule has 2 aromatic carbocycles. The van der Waals surface area contributed by atoms with Gasteiger partial charge in [0.25, 0.3) is 0 Å². The zero-order chi connectivity index (χ0) is 22.8. The zero-order valence-electron chi connectivity index (χ0n) is 18.0. The Morgan fingerprint density at radius 1 is 1.03 bits per heavy atom. The average molecular weight is 443 g/mol. The molecule has 164 valence electrons. The summed E-state index contributed by atoms with van der Waals surface area (Å²) in [5.74, 6) is -1.20. The van der Waals surface area contributed by atoms with Gasteiger partial charge in [-0.05, 0) is 62.1 Å². The van der Waals surface area contributed by atoms with E-state index in [1.807, 2.05) is 32.9 Å². The monoisotopic (exact) mass is 442 g/mol. The van der Waals surface area contributed by atoms with Crippen molar-refractivity contribution in [1.29, 1.82) is 0 Å². The number of sulfone groups is 1. The zero-order valence-corrected chi connectivity index (χ0v) is 18.8. The van der Waals surface area contributed by atoms with Crippen molar-refractivity contribution in [3.63, 3.8) is 0 Å². The number of urea groups is 1. The molecule has 0 aliphatic carbocycles. The molecule has 0 spiro atoms. The first-order valence-electron chi connectivity index (χ1n) is 9.97. The number of rotatable bonds is 6. The van der Waals surface area contributed by atoms with E-state index in [2.05, 4.69) is 10.6 Å². The lowest BCUT2D eigenvalue weighted by Crippen LogP contribution is -2.47. The van der Waals surface area contributed by atoms with Crippen molar-refractivity contribution in [3.8, 4) is 0 Å². The molecule has 2 amide bonds. The fraction of sp³-hybridized carbons (Fsp3) is 0.304. The van der Waals surface area contributed by atoms with Gasteiger partial charge >= 0.3 is 12.0 Å². The summed E-state index contributed by atoms with van der Waals surface area (Å²) < 4.78 is 31.5. The van der Waals surface area contributed by atoms with Gasteiger partial charge in [0.05, 0.1) is 28.9 Å². The predicted molar refractivity (Wildman–Crippen MR) is 117 cm³/mol. The predicted octanol–water partition coefficient (Wildman–Crippen LogP) is 3.26.